The number of carbonyl (C=O) groups is 1. The van der Waals surface area contributed by atoms with Crippen LogP contribution in [0.25, 0.3) is 10.9 Å². The van der Waals surface area contributed by atoms with Gasteiger partial charge in [-0.1, -0.05) is 18.2 Å². The maximum Gasteiger partial charge on any atom is 0.343 e. The van der Waals surface area contributed by atoms with E-state index in [-0.39, 0.29) is 5.56 Å². The molecule has 4 heterocycles. The van der Waals surface area contributed by atoms with Crippen molar-refractivity contribution in [1.29, 1.82) is 0 Å². The molecule has 0 unspecified atom stereocenters. The number of esters is 1. The zero-order chi connectivity index (χ0) is 24.4. The van der Waals surface area contributed by atoms with Gasteiger partial charge in [0.15, 0.2) is 0 Å². The number of thiazole rings is 1. The molecule has 0 bridgehead atoms. The van der Waals surface area contributed by atoms with E-state index < -0.39 is 5.97 Å². The minimum Gasteiger partial charge on any atom is -0.492 e. The van der Waals surface area contributed by atoms with Crippen LogP contribution in [0.5, 0.6) is 5.75 Å². The number of H-pyrrole nitrogens is 1. The average molecular weight is 493 g/mol. The Morgan fingerprint density at radius 2 is 2.09 bits per heavy atom. The predicted octanol–water partition coefficient (Wildman–Crippen LogP) is 3.56. The highest BCUT2D eigenvalue weighted by Crippen LogP contribution is 2.26. The second-order valence-electron chi connectivity index (χ2n) is 8.66. The Labute approximate surface area is 207 Å². The Morgan fingerprint density at radius 3 is 2.89 bits per heavy atom. The van der Waals surface area contributed by atoms with E-state index in [1.54, 1.807) is 21.4 Å². The zero-order valence-corrected chi connectivity index (χ0v) is 20.7. The molecular formula is C26H28N4O4S. The fourth-order valence-electron chi connectivity index (χ4n) is 4.71. The first kappa shape index (κ1) is 23.3. The van der Waals surface area contributed by atoms with Crippen LogP contribution in [0.4, 0.5) is 0 Å². The van der Waals surface area contributed by atoms with Crippen LogP contribution in [0.1, 0.15) is 32.2 Å². The minimum atomic E-state index is -0.484. The Kier molecular flexibility index (Phi) is 6.70. The number of ether oxygens (including phenoxy) is 2. The summed E-state index contributed by atoms with van der Waals surface area (Å²) in [4.78, 5) is 36.9. The first-order valence-corrected chi connectivity index (χ1v) is 12.6. The molecule has 1 N–H and O–H groups in total. The van der Waals surface area contributed by atoms with Gasteiger partial charge in [0.05, 0.1) is 24.9 Å². The number of nitrogens with one attached hydrogen (secondary N) is 1. The summed E-state index contributed by atoms with van der Waals surface area (Å²) in [5.41, 5.74) is 5.97. The number of rotatable bonds is 7. The highest BCUT2D eigenvalue weighted by molar-refractivity contribution is 7.09. The summed E-state index contributed by atoms with van der Waals surface area (Å²) >= 11 is 1.57. The van der Waals surface area contributed by atoms with Crippen molar-refractivity contribution in [2.75, 3.05) is 26.8 Å². The molecule has 0 fully saturated rings. The first-order valence-electron chi connectivity index (χ1n) is 11.7. The van der Waals surface area contributed by atoms with Gasteiger partial charge in [-0.25, -0.2) is 9.78 Å². The number of hydrogen-bond acceptors (Lipinski definition) is 7. The SMILES string of the molecule is COC(=O)c1c(OCCc2scnc2C)cc(=O)n2c1CCN(Cc1c[nH]c3ccccc13)CC2. The normalized spacial score (nSPS) is 14.0. The van der Waals surface area contributed by atoms with Gasteiger partial charge in [-0.05, 0) is 18.6 Å². The number of carbonyl (C=O) groups excluding carboxylic acids is 1. The fourth-order valence-corrected chi connectivity index (χ4v) is 5.47. The standard InChI is InChI=1S/C26H28N4O4S/c1-17-23(35-16-28-17)8-12-34-22-13-24(31)30-11-10-29(9-7-21(30)25(22)26(32)33-2)15-18-14-27-20-6-4-3-5-19(18)20/h3-6,13-14,16,27H,7-12,15H2,1-2H3. The number of benzene rings is 1. The van der Waals surface area contributed by atoms with E-state index in [2.05, 4.69) is 27.0 Å². The number of methoxy groups -OCH3 is 1. The third-order valence-corrected chi connectivity index (χ3v) is 7.57. The molecule has 5 rings (SSSR count). The molecule has 0 saturated heterocycles. The lowest BCUT2D eigenvalue weighted by Crippen LogP contribution is -2.29. The largest absolute Gasteiger partial charge is 0.492 e. The lowest BCUT2D eigenvalue weighted by Gasteiger charge is -2.18. The third-order valence-electron chi connectivity index (χ3n) is 6.58. The molecule has 1 aromatic carbocycles. The van der Waals surface area contributed by atoms with Crippen molar-refractivity contribution >= 4 is 28.2 Å². The molecule has 8 nitrogen and oxygen atoms in total. The van der Waals surface area contributed by atoms with Crippen molar-refractivity contribution in [1.82, 2.24) is 19.4 Å². The third kappa shape index (κ3) is 4.74. The van der Waals surface area contributed by atoms with Gasteiger partial charge in [-0.15, -0.1) is 11.3 Å². The molecule has 0 aliphatic carbocycles. The summed E-state index contributed by atoms with van der Waals surface area (Å²) in [5.74, 6) is -0.192. The Hall–Kier alpha value is -3.43. The number of pyridine rings is 1. The summed E-state index contributed by atoms with van der Waals surface area (Å²) < 4.78 is 12.8. The molecule has 0 radical (unpaired) electrons. The van der Waals surface area contributed by atoms with Gasteiger partial charge < -0.3 is 19.0 Å². The number of hydrogen-bond donors (Lipinski definition) is 1. The van der Waals surface area contributed by atoms with E-state index in [1.807, 2.05) is 25.3 Å². The average Bonchev–Trinajstić information content (AvgIpc) is 3.39. The lowest BCUT2D eigenvalue weighted by molar-refractivity contribution is 0.0593. The molecule has 0 saturated carbocycles. The summed E-state index contributed by atoms with van der Waals surface area (Å²) in [6.07, 6.45) is 3.26. The second-order valence-corrected chi connectivity index (χ2v) is 9.60. The van der Waals surface area contributed by atoms with E-state index in [9.17, 15) is 9.59 Å². The molecule has 0 atom stereocenters. The van der Waals surface area contributed by atoms with E-state index in [4.69, 9.17) is 9.47 Å². The maximum atomic E-state index is 13.0. The van der Waals surface area contributed by atoms with Gasteiger partial charge in [-0.3, -0.25) is 9.69 Å². The molecule has 35 heavy (non-hydrogen) atoms. The van der Waals surface area contributed by atoms with E-state index in [0.29, 0.717) is 56.1 Å². The van der Waals surface area contributed by atoms with E-state index in [0.717, 1.165) is 22.6 Å². The first-order chi connectivity index (χ1) is 17.0. The van der Waals surface area contributed by atoms with Crippen molar-refractivity contribution in [3.63, 3.8) is 0 Å². The Balaban J connectivity index is 1.38. The van der Waals surface area contributed by atoms with Gasteiger partial charge in [0, 0.05) is 72.8 Å². The summed E-state index contributed by atoms with van der Waals surface area (Å²) in [6, 6.07) is 9.66. The summed E-state index contributed by atoms with van der Waals surface area (Å²) in [6.45, 7) is 4.99. The Morgan fingerprint density at radius 1 is 1.23 bits per heavy atom. The van der Waals surface area contributed by atoms with Crippen molar-refractivity contribution in [2.24, 2.45) is 0 Å². The monoisotopic (exact) mass is 492 g/mol. The van der Waals surface area contributed by atoms with Crippen molar-refractivity contribution in [3.05, 3.63) is 79.8 Å². The van der Waals surface area contributed by atoms with Crippen molar-refractivity contribution in [2.45, 2.75) is 32.9 Å². The van der Waals surface area contributed by atoms with Crippen LogP contribution in [0, 0.1) is 6.92 Å². The van der Waals surface area contributed by atoms with Crippen LogP contribution >= 0.6 is 11.3 Å². The smallest absolute Gasteiger partial charge is 0.343 e. The zero-order valence-electron chi connectivity index (χ0n) is 19.9. The molecule has 0 spiro atoms. The van der Waals surface area contributed by atoms with Gasteiger partial charge in [-0.2, -0.15) is 0 Å². The number of aromatic nitrogens is 3. The van der Waals surface area contributed by atoms with Crippen molar-refractivity contribution < 1.29 is 14.3 Å². The quantitative estimate of drug-likeness (QED) is 0.397. The minimum absolute atomic E-state index is 0.162. The van der Waals surface area contributed by atoms with Crippen LogP contribution in [0.2, 0.25) is 0 Å². The molecule has 9 heteroatoms. The molecular weight excluding hydrogens is 464 g/mol. The van der Waals surface area contributed by atoms with Crippen LogP contribution in [-0.4, -0.2) is 52.2 Å². The lowest BCUT2D eigenvalue weighted by atomic mass is 10.1. The van der Waals surface area contributed by atoms with Crippen LogP contribution in [0.15, 0.2) is 46.8 Å². The maximum absolute atomic E-state index is 13.0. The number of nitrogens with zero attached hydrogens (tertiary/aromatic N) is 3. The number of aryl methyl sites for hydroxylation is 1. The van der Waals surface area contributed by atoms with Gasteiger partial charge >= 0.3 is 5.97 Å². The van der Waals surface area contributed by atoms with Gasteiger partial charge in [0.1, 0.15) is 11.3 Å². The Bertz CT molecular complexity index is 1420. The molecule has 3 aromatic heterocycles. The van der Waals surface area contributed by atoms with Gasteiger partial charge in [0.25, 0.3) is 5.56 Å². The number of aromatic amines is 1. The highest BCUT2D eigenvalue weighted by Gasteiger charge is 2.26. The number of fused-ring (bicyclic) bond motifs is 2. The van der Waals surface area contributed by atoms with E-state index >= 15 is 0 Å². The summed E-state index contributed by atoms with van der Waals surface area (Å²) in [7, 11) is 1.36. The highest BCUT2D eigenvalue weighted by atomic mass is 32.1. The van der Waals surface area contributed by atoms with E-state index in [1.165, 1.54) is 24.1 Å². The fraction of sp³-hybridized carbons (Fsp3) is 0.346. The topological polar surface area (TPSA) is 89.5 Å². The van der Waals surface area contributed by atoms with Crippen molar-refractivity contribution in [3.8, 4) is 5.75 Å². The van der Waals surface area contributed by atoms with Gasteiger partial charge in [0.2, 0.25) is 0 Å². The molecule has 1 aliphatic heterocycles. The second kappa shape index (κ2) is 10.1. The molecule has 182 valence electrons. The molecule has 1 aliphatic rings. The van der Waals surface area contributed by atoms with Crippen LogP contribution < -0.4 is 10.3 Å². The van der Waals surface area contributed by atoms with Crippen LogP contribution in [0.3, 0.4) is 0 Å². The molecule has 0 amide bonds. The molecule has 4 aromatic rings. The predicted molar refractivity (Wildman–Crippen MR) is 135 cm³/mol. The van der Waals surface area contributed by atoms with Crippen LogP contribution in [-0.2, 0) is 30.7 Å². The summed E-state index contributed by atoms with van der Waals surface area (Å²) in [5, 5.41) is 1.20. The number of para-hydroxylation sites is 1.